The molecule has 2 unspecified atom stereocenters. The second kappa shape index (κ2) is 6.09. The van der Waals surface area contributed by atoms with Gasteiger partial charge < -0.3 is 16.0 Å². The Balaban J connectivity index is 2.01. The van der Waals surface area contributed by atoms with Gasteiger partial charge in [-0.2, -0.15) is 0 Å². The minimum atomic E-state index is -0.861. The summed E-state index contributed by atoms with van der Waals surface area (Å²) >= 11 is 0. The smallest absolute Gasteiger partial charge is 0.267 e. The third kappa shape index (κ3) is 3.19. The zero-order valence-electron chi connectivity index (χ0n) is 11.6. The largest absolute Gasteiger partial charge is 0.397 e. The molecule has 2 atom stereocenters. The molecular formula is C14H19N3O2S. The molecule has 1 aromatic heterocycles. The van der Waals surface area contributed by atoms with Crippen molar-refractivity contribution in [3.05, 3.63) is 30.0 Å². The van der Waals surface area contributed by atoms with Crippen LogP contribution in [0.2, 0.25) is 0 Å². The Labute approximate surface area is 120 Å². The van der Waals surface area contributed by atoms with E-state index in [9.17, 15) is 9.00 Å². The highest BCUT2D eigenvalue weighted by atomic mass is 32.2. The molecule has 0 spiro atoms. The van der Waals surface area contributed by atoms with Crippen LogP contribution in [0.25, 0.3) is 10.9 Å². The normalized spacial score (nSPS) is 14.1. The number of carbonyl (C=O) groups excluding carboxylic acids is 1. The van der Waals surface area contributed by atoms with Crippen LogP contribution in [-0.4, -0.2) is 33.2 Å². The first-order chi connectivity index (χ1) is 9.49. The summed E-state index contributed by atoms with van der Waals surface area (Å²) in [5.74, 6) is -0.172. The molecule has 5 nitrogen and oxygen atoms in total. The fourth-order valence-electron chi connectivity index (χ4n) is 1.95. The van der Waals surface area contributed by atoms with Crippen molar-refractivity contribution < 1.29 is 9.00 Å². The maximum atomic E-state index is 12.0. The molecule has 0 aliphatic heterocycles. The number of aromatic nitrogens is 1. The zero-order valence-corrected chi connectivity index (χ0v) is 12.4. The number of nitrogen functional groups attached to an aromatic ring is 1. The number of nitrogens with two attached hydrogens (primary N) is 1. The maximum absolute atomic E-state index is 12.0. The van der Waals surface area contributed by atoms with E-state index in [0.29, 0.717) is 24.3 Å². The summed E-state index contributed by atoms with van der Waals surface area (Å²) in [5.41, 5.74) is 7.74. The molecule has 1 amide bonds. The van der Waals surface area contributed by atoms with Crippen molar-refractivity contribution in [3.8, 4) is 0 Å². The Bertz CT molecular complexity index is 651. The van der Waals surface area contributed by atoms with E-state index in [1.807, 2.05) is 19.1 Å². The van der Waals surface area contributed by atoms with E-state index in [1.54, 1.807) is 18.4 Å². The number of hydrogen-bond acceptors (Lipinski definition) is 3. The Morgan fingerprint density at radius 2 is 2.25 bits per heavy atom. The number of fused-ring (bicyclic) bond motifs is 1. The summed E-state index contributed by atoms with van der Waals surface area (Å²) in [6.07, 6.45) is 2.37. The van der Waals surface area contributed by atoms with Crippen LogP contribution in [-0.2, 0) is 10.8 Å². The lowest BCUT2D eigenvalue weighted by atomic mass is 10.2. The second-order valence-electron chi connectivity index (χ2n) is 4.85. The average molecular weight is 293 g/mol. The standard InChI is InChI=1S/C14H19N3O2S/c1-9(20(2)19)6-7-16-14(18)12-8-10-4-3-5-11(15)13(10)17-12/h3-5,8-9,17H,6-7,15H2,1-2H3,(H,16,18). The van der Waals surface area contributed by atoms with Gasteiger partial charge in [-0.25, -0.2) is 0 Å². The lowest BCUT2D eigenvalue weighted by Crippen LogP contribution is -2.27. The van der Waals surface area contributed by atoms with Gasteiger partial charge >= 0.3 is 0 Å². The molecule has 0 saturated heterocycles. The third-order valence-electron chi connectivity index (χ3n) is 3.34. The zero-order chi connectivity index (χ0) is 14.7. The highest BCUT2D eigenvalue weighted by molar-refractivity contribution is 7.84. The number of nitrogens with one attached hydrogen (secondary N) is 2. The van der Waals surface area contributed by atoms with Gasteiger partial charge in [-0.3, -0.25) is 9.00 Å². The van der Waals surface area contributed by atoms with Crippen LogP contribution in [0.5, 0.6) is 0 Å². The van der Waals surface area contributed by atoms with E-state index in [2.05, 4.69) is 10.3 Å². The van der Waals surface area contributed by atoms with Crippen LogP contribution in [0.15, 0.2) is 24.3 Å². The molecule has 0 aliphatic carbocycles. The molecule has 0 saturated carbocycles. The van der Waals surface area contributed by atoms with Crippen LogP contribution in [0, 0.1) is 0 Å². The van der Waals surface area contributed by atoms with Crippen molar-refractivity contribution in [2.75, 3.05) is 18.5 Å². The van der Waals surface area contributed by atoms with Crippen LogP contribution < -0.4 is 11.1 Å². The van der Waals surface area contributed by atoms with E-state index in [0.717, 1.165) is 10.9 Å². The van der Waals surface area contributed by atoms with Gasteiger partial charge in [0.05, 0.1) is 11.2 Å². The summed E-state index contributed by atoms with van der Waals surface area (Å²) in [4.78, 5) is 15.0. The predicted octanol–water partition coefficient (Wildman–Crippen LogP) is 1.64. The second-order valence-corrected chi connectivity index (χ2v) is 6.65. The van der Waals surface area contributed by atoms with Gasteiger partial charge in [0.15, 0.2) is 0 Å². The number of aromatic amines is 1. The Hall–Kier alpha value is -1.82. The first-order valence-electron chi connectivity index (χ1n) is 6.46. The Morgan fingerprint density at radius 3 is 2.90 bits per heavy atom. The number of anilines is 1. The predicted molar refractivity (Wildman–Crippen MR) is 83.2 cm³/mol. The lowest BCUT2D eigenvalue weighted by molar-refractivity contribution is 0.0949. The van der Waals surface area contributed by atoms with E-state index >= 15 is 0 Å². The number of amides is 1. The molecular weight excluding hydrogens is 274 g/mol. The molecule has 20 heavy (non-hydrogen) atoms. The summed E-state index contributed by atoms with van der Waals surface area (Å²) in [5, 5.41) is 3.81. The van der Waals surface area contributed by atoms with Gasteiger partial charge in [-0.15, -0.1) is 0 Å². The van der Waals surface area contributed by atoms with E-state index < -0.39 is 10.8 Å². The van der Waals surface area contributed by atoms with Crippen molar-refractivity contribution in [1.29, 1.82) is 0 Å². The Morgan fingerprint density at radius 1 is 1.50 bits per heavy atom. The monoisotopic (exact) mass is 293 g/mol. The Kier molecular flexibility index (Phi) is 4.44. The van der Waals surface area contributed by atoms with Crippen LogP contribution >= 0.6 is 0 Å². The van der Waals surface area contributed by atoms with Gasteiger partial charge in [0.25, 0.3) is 5.91 Å². The summed E-state index contributed by atoms with van der Waals surface area (Å²) in [6.45, 7) is 2.41. The molecule has 6 heteroatoms. The quantitative estimate of drug-likeness (QED) is 0.732. The minimum absolute atomic E-state index is 0.0775. The molecule has 4 N–H and O–H groups in total. The summed E-state index contributed by atoms with van der Waals surface area (Å²) < 4.78 is 11.2. The highest BCUT2D eigenvalue weighted by Gasteiger charge is 2.11. The minimum Gasteiger partial charge on any atom is -0.397 e. The van der Waals surface area contributed by atoms with Gasteiger partial charge in [0, 0.05) is 34.2 Å². The van der Waals surface area contributed by atoms with Crippen LogP contribution in [0.3, 0.4) is 0 Å². The van der Waals surface area contributed by atoms with Crippen LogP contribution in [0.4, 0.5) is 5.69 Å². The molecule has 0 fully saturated rings. The number of carbonyl (C=O) groups is 1. The molecule has 0 radical (unpaired) electrons. The van der Waals surface area contributed by atoms with Crippen molar-refractivity contribution >= 4 is 33.3 Å². The molecule has 0 aliphatic rings. The van der Waals surface area contributed by atoms with Crippen molar-refractivity contribution in [2.45, 2.75) is 18.6 Å². The number of benzene rings is 1. The first kappa shape index (κ1) is 14.6. The molecule has 1 aromatic carbocycles. The van der Waals surface area contributed by atoms with Gasteiger partial charge in [0.2, 0.25) is 0 Å². The molecule has 108 valence electrons. The summed E-state index contributed by atoms with van der Waals surface area (Å²) in [7, 11) is -0.861. The van der Waals surface area contributed by atoms with E-state index in [1.165, 1.54) is 0 Å². The van der Waals surface area contributed by atoms with Gasteiger partial charge in [-0.1, -0.05) is 19.1 Å². The van der Waals surface area contributed by atoms with Gasteiger partial charge in [-0.05, 0) is 18.6 Å². The van der Waals surface area contributed by atoms with E-state index in [-0.39, 0.29) is 11.2 Å². The highest BCUT2D eigenvalue weighted by Crippen LogP contribution is 2.20. The summed E-state index contributed by atoms with van der Waals surface area (Å²) in [6, 6.07) is 7.33. The van der Waals surface area contributed by atoms with E-state index in [4.69, 9.17) is 5.73 Å². The molecule has 1 heterocycles. The van der Waals surface area contributed by atoms with Crippen LogP contribution in [0.1, 0.15) is 23.8 Å². The topological polar surface area (TPSA) is 88.0 Å². The number of rotatable bonds is 5. The molecule has 2 aromatic rings. The number of H-pyrrole nitrogens is 1. The third-order valence-corrected chi connectivity index (χ3v) is 4.71. The van der Waals surface area contributed by atoms with Crippen molar-refractivity contribution in [3.63, 3.8) is 0 Å². The van der Waals surface area contributed by atoms with Crippen molar-refractivity contribution in [2.24, 2.45) is 0 Å². The molecule has 2 rings (SSSR count). The number of hydrogen-bond donors (Lipinski definition) is 3. The molecule has 0 bridgehead atoms. The average Bonchev–Trinajstić information content (AvgIpc) is 2.84. The van der Waals surface area contributed by atoms with Gasteiger partial charge in [0.1, 0.15) is 5.69 Å². The fourth-order valence-corrected chi connectivity index (χ4v) is 2.40. The maximum Gasteiger partial charge on any atom is 0.267 e. The first-order valence-corrected chi connectivity index (χ1v) is 8.09. The number of para-hydroxylation sites is 1. The fraction of sp³-hybridized carbons (Fsp3) is 0.357. The SMILES string of the molecule is CC(CCNC(=O)c1cc2cccc(N)c2[nH]1)S(C)=O. The van der Waals surface area contributed by atoms with Crippen molar-refractivity contribution in [1.82, 2.24) is 10.3 Å². The lowest BCUT2D eigenvalue weighted by Gasteiger charge is -2.08.